The highest BCUT2D eigenvalue weighted by Crippen LogP contribution is 2.20. The van der Waals surface area contributed by atoms with Crippen molar-refractivity contribution in [3.63, 3.8) is 0 Å². The normalized spacial score (nSPS) is 11.7. The summed E-state index contributed by atoms with van der Waals surface area (Å²) in [6.07, 6.45) is -1.00. The van der Waals surface area contributed by atoms with Crippen LogP contribution in [0.2, 0.25) is 10.0 Å². The summed E-state index contributed by atoms with van der Waals surface area (Å²) in [7, 11) is 0. The molecule has 0 spiro atoms. The first-order chi connectivity index (χ1) is 11.3. The van der Waals surface area contributed by atoms with Crippen LogP contribution in [0.3, 0.4) is 0 Å². The van der Waals surface area contributed by atoms with Gasteiger partial charge in [-0.2, -0.15) is 0 Å². The molecule has 1 unspecified atom stereocenters. The Bertz CT molecular complexity index is 730. The van der Waals surface area contributed by atoms with Crippen molar-refractivity contribution < 1.29 is 18.7 Å². The average Bonchev–Trinajstić information content (AvgIpc) is 2.53. The van der Waals surface area contributed by atoms with E-state index in [1.54, 1.807) is 12.1 Å². The average molecular weight is 370 g/mol. The molecule has 0 fully saturated rings. The Kier molecular flexibility index (Phi) is 6.17. The van der Waals surface area contributed by atoms with Crippen molar-refractivity contribution in [1.29, 1.82) is 0 Å². The maximum Gasteiger partial charge on any atom is 0.339 e. The lowest BCUT2D eigenvalue weighted by Crippen LogP contribution is -2.35. The summed E-state index contributed by atoms with van der Waals surface area (Å²) < 4.78 is 17.9. The summed E-state index contributed by atoms with van der Waals surface area (Å²) in [5.74, 6) is -1.53. The highest BCUT2D eigenvalue weighted by atomic mass is 35.5. The molecule has 0 aliphatic rings. The second kappa shape index (κ2) is 8.13. The molecule has 2 rings (SSSR count). The lowest BCUT2D eigenvalue weighted by Gasteiger charge is -2.14. The number of hydrogen-bond acceptors (Lipinski definition) is 3. The molecule has 0 bridgehead atoms. The monoisotopic (exact) mass is 369 g/mol. The lowest BCUT2D eigenvalue weighted by molar-refractivity contribution is -0.129. The molecule has 1 atom stereocenters. The third-order valence-electron chi connectivity index (χ3n) is 3.13. The maximum atomic E-state index is 12.8. The van der Waals surface area contributed by atoms with E-state index in [0.717, 1.165) is 5.56 Å². The Morgan fingerprint density at radius 3 is 2.29 bits per heavy atom. The number of nitrogens with one attached hydrogen (secondary N) is 1. The minimum absolute atomic E-state index is 0.158. The fraction of sp³-hybridized carbons (Fsp3) is 0.176. The summed E-state index contributed by atoms with van der Waals surface area (Å²) in [6.45, 7) is 1.65. The second-order valence-electron chi connectivity index (χ2n) is 5.05. The first kappa shape index (κ1) is 18.2. The number of benzene rings is 2. The molecule has 0 heterocycles. The van der Waals surface area contributed by atoms with Gasteiger partial charge in [0, 0.05) is 16.6 Å². The van der Waals surface area contributed by atoms with E-state index in [0.29, 0.717) is 10.0 Å². The van der Waals surface area contributed by atoms with Gasteiger partial charge in [0.15, 0.2) is 6.10 Å². The Labute approximate surface area is 148 Å². The molecule has 4 nitrogen and oxygen atoms in total. The fourth-order valence-electron chi connectivity index (χ4n) is 1.89. The van der Waals surface area contributed by atoms with Gasteiger partial charge < -0.3 is 10.1 Å². The zero-order valence-electron chi connectivity index (χ0n) is 12.7. The third-order valence-corrected chi connectivity index (χ3v) is 3.57. The second-order valence-corrected chi connectivity index (χ2v) is 5.92. The molecule has 0 saturated carbocycles. The van der Waals surface area contributed by atoms with Crippen LogP contribution < -0.4 is 5.32 Å². The molecule has 0 radical (unpaired) electrons. The van der Waals surface area contributed by atoms with Crippen LogP contribution in [-0.2, 0) is 16.1 Å². The van der Waals surface area contributed by atoms with E-state index in [1.165, 1.54) is 37.3 Å². The van der Waals surface area contributed by atoms with Crippen LogP contribution >= 0.6 is 23.2 Å². The molecule has 0 aliphatic heterocycles. The summed E-state index contributed by atoms with van der Waals surface area (Å²) in [6, 6.07) is 10.00. The van der Waals surface area contributed by atoms with Gasteiger partial charge in [-0.3, -0.25) is 4.79 Å². The molecule has 2 aromatic rings. The van der Waals surface area contributed by atoms with Crippen molar-refractivity contribution in [2.75, 3.05) is 0 Å². The molecule has 24 heavy (non-hydrogen) atoms. The fourth-order valence-corrected chi connectivity index (χ4v) is 2.42. The van der Waals surface area contributed by atoms with Crippen LogP contribution in [0.15, 0.2) is 42.5 Å². The van der Waals surface area contributed by atoms with Crippen LogP contribution in [0.1, 0.15) is 22.8 Å². The van der Waals surface area contributed by atoms with Gasteiger partial charge in [-0.15, -0.1) is 0 Å². The van der Waals surface area contributed by atoms with Crippen molar-refractivity contribution in [2.45, 2.75) is 19.6 Å². The van der Waals surface area contributed by atoms with E-state index >= 15 is 0 Å². The molecular weight excluding hydrogens is 356 g/mol. The SMILES string of the molecule is CC(OC(=O)c1cc(Cl)cc(Cl)c1)C(=O)NCc1ccc(F)cc1. The van der Waals surface area contributed by atoms with E-state index in [9.17, 15) is 14.0 Å². The van der Waals surface area contributed by atoms with Gasteiger partial charge in [-0.25, -0.2) is 9.18 Å². The number of amides is 1. The smallest absolute Gasteiger partial charge is 0.339 e. The Morgan fingerprint density at radius 1 is 1.12 bits per heavy atom. The Morgan fingerprint density at radius 2 is 1.71 bits per heavy atom. The van der Waals surface area contributed by atoms with Crippen LogP contribution in [0.5, 0.6) is 0 Å². The summed E-state index contributed by atoms with van der Waals surface area (Å²) >= 11 is 11.6. The minimum Gasteiger partial charge on any atom is -0.449 e. The first-order valence-electron chi connectivity index (χ1n) is 7.04. The molecule has 1 N–H and O–H groups in total. The highest BCUT2D eigenvalue weighted by Gasteiger charge is 2.19. The Balaban J connectivity index is 1.90. The van der Waals surface area contributed by atoms with Crippen molar-refractivity contribution in [3.8, 4) is 0 Å². The van der Waals surface area contributed by atoms with E-state index in [2.05, 4.69) is 5.32 Å². The van der Waals surface area contributed by atoms with Gasteiger partial charge in [-0.05, 0) is 42.8 Å². The maximum absolute atomic E-state index is 12.8. The molecular formula is C17H14Cl2FNO3. The number of ether oxygens (including phenoxy) is 1. The van der Waals surface area contributed by atoms with E-state index in [4.69, 9.17) is 27.9 Å². The molecule has 7 heteroatoms. The van der Waals surface area contributed by atoms with Gasteiger partial charge >= 0.3 is 5.97 Å². The standard InChI is InChI=1S/C17H14Cl2FNO3/c1-10(16(22)21-9-11-2-4-15(20)5-3-11)24-17(23)12-6-13(18)8-14(19)7-12/h2-8,10H,9H2,1H3,(H,21,22). The molecule has 2 aromatic carbocycles. The number of hydrogen-bond donors (Lipinski definition) is 1. The van der Waals surface area contributed by atoms with Crippen LogP contribution in [0.25, 0.3) is 0 Å². The number of halogens is 3. The van der Waals surface area contributed by atoms with Crippen LogP contribution in [0, 0.1) is 5.82 Å². The van der Waals surface area contributed by atoms with E-state index in [1.807, 2.05) is 0 Å². The summed E-state index contributed by atoms with van der Waals surface area (Å²) in [5.41, 5.74) is 0.885. The van der Waals surface area contributed by atoms with Crippen molar-refractivity contribution in [1.82, 2.24) is 5.32 Å². The van der Waals surface area contributed by atoms with E-state index in [-0.39, 0.29) is 17.9 Å². The van der Waals surface area contributed by atoms with Crippen molar-refractivity contribution in [2.24, 2.45) is 0 Å². The summed E-state index contributed by atoms with van der Waals surface area (Å²) in [5, 5.41) is 3.20. The number of carbonyl (C=O) groups excluding carboxylic acids is 2. The van der Waals surface area contributed by atoms with Crippen molar-refractivity contribution in [3.05, 3.63) is 69.5 Å². The zero-order chi connectivity index (χ0) is 17.7. The van der Waals surface area contributed by atoms with Gasteiger partial charge in [0.25, 0.3) is 5.91 Å². The number of carbonyl (C=O) groups is 2. The van der Waals surface area contributed by atoms with E-state index < -0.39 is 18.0 Å². The third kappa shape index (κ3) is 5.22. The van der Waals surface area contributed by atoms with Gasteiger partial charge in [0.05, 0.1) is 5.56 Å². The molecule has 1 amide bonds. The van der Waals surface area contributed by atoms with Gasteiger partial charge in [0.1, 0.15) is 5.82 Å². The first-order valence-corrected chi connectivity index (χ1v) is 7.80. The largest absolute Gasteiger partial charge is 0.449 e. The van der Waals surface area contributed by atoms with Gasteiger partial charge in [0.2, 0.25) is 0 Å². The Hall–Kier alpha value is -2.11. The predicted molar refractivity (Wildman–Crippen MR) is 89.6 cm³/mol. The predicted octanol–water partition coefficient (Wildman–Crippen LogP) is 3.99. The molecule has 126 valence electrons. The molecule has 0 saturated heterocycles. The highest BCUT2D eigenvalue weighted by molar-refractivity contribution is 6.35. The van der Waals surface area contributed by atoms with Crippen molar-refractivity contribution >= 4 is 35.1 Å². The molecule has 0 aliphatic carbocycles. The number of rotatable bonds is 5. The zero-order valence-corrected chi connectivity index (χ0v) is 14.2. The topological polar surface area (TPSA) is 55.4 Å². The van der Waals surface area contributed by atoms with Crippen LogP contribution in [0.4, 0.5) is 4.39 Å². The van der Waals surface area contributed by atoms with Crippen LogP contribution in [-0.4, -0.2) is 18.0 Å². The quantitative estimate of drug-likeness (QED) is 0.810. The summed E-state index contributed by atoms with van der Waals surface area (Å²) in [4.78, 5) is 24.0. The lowest BCUT2D eigenvalue weighted by atomic mass is 10.2. The minimum atomic E-state index is -1.00. The number of esters is 1. The molecule has 0 aromatic heterocycles. The van der Waals surface area contributed by atoms with Gasteiger partial charge in [-0.1, -0.05) is 35.3 Å².